The highest BCUT2D eigenvalue weighted by atomic mass is 32.2. The maximum Gasteiger partial charge on any atom is 0.243 e. The third-order valence-corrected chi connectivity index (χ3v) is 6.91. The molecule has 2 heterocycles. The lowest BCUT2D eigenvalue weighted by atomic mass is 10.0. The average molecular weight is 322 g/mol. The summed E-state index contributed by atoms with van der Waals surface area (Å²) in [5.74, 6) is 0.396. The number of carbonyl (C=O) groups excluding carboxylic acids is 1. The Morgan fingerprint density at radius 2 is 2.05 bits per heavy atom. The summed E-state index contributed by atoms with van der Waals surface area (Å²) in [6.45, 7) is 4.73. The van der Waals surface area contributed by atoms with Gasteiger partial charge in [0.1, 0.15) is 0 Å². The van der Waals surface area contributed by atoms with Crippen molar-refractivity contribution in [2.45, 2.75) is 44.0 Å². The number of hydrogen-bond acceptors (Lipinski definition) is 3. The Morgan fingerprint density at radius 1 is 1.32 bits per heavy atom. The number of carbonyl (C=O) groups is 1. The predicted molar refractivity (Wildman–Crippen MR) is 85.3 cm³/mol. The molecule has 6 heteroatoms. The second-order valence-electron chi connectivity index (χ2n) is 6.28. The first-order chi connectivity index (χ1) is 10.4. The molecule has 5 nitrogen and oxygen atoms in total. The van der Waals surface area contributed by atoms with E-state index in [1.54, 1.807) is 34.5 Å². The number of amides is 1. The minimum atomic E-state index is -3.49. The summed E-state index contributed by atoms with van der Waals surface area (Å²) >= 11 is 0. The number of rotatable bonds is 3. The minimum absolute atomic E-state index is 0.00535. The number of anilines is 1. The zero-order valence-corrected chi connectivity index (χ0v) is 14.1. The Balaban J connectivity index is 1.98. The summed E-state index contributed by atoms with van der Waals surface area (Å²) < 4.78 is 27.5. The molecule has 120 valence electrons. The average Bonchev–Trinajstić information content (AvgIpc) is 3.00. The molecule has 2 aliphatic rings. The van der Waals surface area contributed by atoms with E-state index in [4.69, 9.17) is 0 Å². The zero-order chi connectivity index (χ0) is 16.1. The Hall–Kier alpha value is -1.40. The van der Waals surface area contributed by atoms with Crippen LogP contribution in [0, 0.1) is 5.92 Å². The van der Waals surface area contributed by atoms with Crippen molar-refractivity contribution < 1.29 is 13.2 Å². The van der Waals surface area contributed by atoms with Gasteiger partial charge in [-0.2, -0.15) is 4.31 Å². The first-order valence-electron chi connectivity index (χ1n) is 7.77. The molecule has 2 aliphatic heterocycles. The molecule has 2 atom stereocenters. The molecule has 0 saturated carbocycles. The maximum atomic E-state index is 12.9. The van der Waals surface area contributed by atoms with Crippen molar-refractivity contribution >= 4 is 21.6 Å². The molecule has 0 N–H and O–H groups in total. The van der Waals surface area contributed by atoms with Gasteiger partial charge in [0.2, 0.25) is 15.9 Å². The summed E-state index contributed by atoms with van der Waals surface area (Å²) in [6.07, 6.45) is 2.01. The van der Waals surface area contributed by atoms with E-state index in [1.165, 1.54) is 0 Å². The number of hydrogen-bond donors (Lipinski definition) is 0. The monoisotopic (exact) mass is 322 g/mol. The van der Waals surface area contributed by atoms with Crippen LogP contribution in [0.15, 0.2) is 23.1 Å². The van der Waals surface area contributed by atoms with Gasteiger partial charge >= 0.3 is 0 Å². The largest absolute Gasteiger partial charge is 0.315 e. The highest BCUT2D eigenvalue weighted by molar-refractivity contribution is 7.89. The number of fused-ring (bicyclic) bond motifs is 1. The second kappa shape index (κ2) is 5.35. The molecule has 1 aromatic rings. The molecule has 1 aromatic carbocycles. The van der Waals surface area contributed by atoms with E-state index in [-0.39, 0.29) is 18.4 Å². The van der Waals surface area contributed by atoms with Crippen molar-refractivity contribution in [1.29, 1.82) is 0 Å². The van der Waals surface area contributed by atoms with E-state index in [9.17, 15) is 13.2 Å². The van der Waals surface area contributed by atoms with Crippen LogP contribution in [-0.2, 0) is 21.2 Å². The fourth-order valence-electron chi connectivity index (χ4n) is 3.62. The summed E-state index contributed by atoms with van der Waals surface area (Å²) in [7, 11) is -1.77. The van der Waals surface area contributed by atoms with E-state index >= 15 is 0 Å². The van der Waals surface area contributed by atoms with Gasteiger partial charge < -0.3 is 4.90 Å². The van der Waals surface area contributed by atoms with E-state index in [0.717, 1.165) is 24.1 Å². The standard InChI is InChI=1S/C16H22N2O3S/c1-4-14-11(2)7-8-18(14)22(20,21)13-5-6-15-12(9-13)10-16(19)17(15)3/h5-6,9,11,14H,4,7-8,10H2,1-3H3. The van der Waals surface area contributed by atoms with Crippen LogP contribution in [0.1, 0.15) is 32.3 Å². The highest BCUT2D eigenvalue weighted by Crippen LogP contribution is 2.34. The van der Waals surface area contributed by atoms with Gasteiger partial charge in [-0.05, 0) is 42.5 Å². The van der Waals surface area contributed by atoms with Crippen molar-refractivity contribution in [2.75, 3.05) is 18.5 Å². The lowest BCUT2D eigenvalue weighted by Gasteiger charge is -2.25. The van der Waals surface area contributed by atoms with Gasteiger partial charge in [-0.3, -0.25) is 4.79 Å². The smallest absolute Gasteiger partial charge is 0.243 e. The Labute approximate surface area is 132 Å². The van der Waals surface area contributed by atoms with Crippen molar-refractivity contribution in [2.24, 2.45) is 5.92 Å². The molecule has 0 aliphatic carbocycles. The molecule has 0 spiro atoms. The SMILES string of the molecule is CCC1C(C)CCN1S(=O)(=O)c1ccc2c(c1)CC(=O)N2C. The number of nitrogens with zero attached hydrogens (tertiary/aromatic N) is 2. The van der Waals surface area contributed by atoms with E-state index < -0.39 is 10.0 Å². The van der Waals surface area contributed by atoms with Gasteiger partial charge in [-0.25, -0.2) is 8.42 Å². The van der Waals surface area contributed by atoms with Gasteiger partial charge in [0.25, 0.3) is 0 Å². The molecule has 3 rings (SSSR count). The first-order valence-corrected chi connectivity index (χ1v) is 9.21. The van der Waals surface area contributed by atoms with Crippen molar-refractivity contribution in [3.8, 4) is 0 Å². The van der Waals surface area contributed by atoms with Gasteiger partial charge in [0.15, 0.2) is 0 Å². The quantitative estimate of drug-likeness (QED) is 0.855. The first kappa shape index (κ1) is 15.5. The Bertz CT molecular complexity index is 714. The molecule has 22 heavy (non-hydrogen) atoms. The lowest BCUT2D eigenvalue weighted by molar-refractivity contribution is -0.117. The lowest BCUT2D eigenvalue weighted by Crippen LogP contribution is -2.37. The molecule has 0 radical (unpaired) electrons. The topological polar surface area (TPSA) is 57.7 Å². The third kappa shape index (κ3) is 2.25. The summed E-state index contributed by atoms with van der Waals surface area (Å²) in [6, 6.07) is 5.11. The molecule has 1 amide bonds. The normalized spacial score (nSPS) is 25.8. The fraction of sp³-hybridized carbons (Fsp3) is 0.562. The molecule has 0 aromatic heterocycles. The van der Waals surface area contributed by atoms with Crippen molar-refractivity contribution in [1.82, 2.24) is 4.31 Å². The van der Waals surface area contributed by atoms with Crippen LogP contribution >= 0.6 is 0 Å². The molecular weight excluding hydrogens is 300 g/mol. The summed E-state index contributed by atoms with van der Waals surface area (Å²) in [5.41, 5.74) is 1.61. The Kier molecular flexibility index (Phi) is 3.77. The zero-order valence-electron chi connectivity index (χ0n) is 13.2. The van der Waals surface area contributed by atoms with Gasteiger partial charge in [-0.1, -0.05) is 13.8 Å². The molecule has 1 saturated heterocycles. The van der Waals surface area contributed by atoms with Crippen LogP contribution in [-0.4, -0.2) is 38.3 Å². The summed E-state index contributed by atoms with van der Waals surface area (Å²) in [5, 5.41) is 0. The van der Waals surface area contributed by atoms with Crippen LogP contribution in [0.3, 0.4) is 0 Å². The van der Waals surface area contributed by atoms with Gasteiger partial charge in [0, 0.05) is 25.3 Å². The van der Waals surface area contributed by atoms with Crippen LogP contribution in [0.4, 0.5) is 5.69 Å². The van der Waals surface area contributed by atoms with Gasteiger partial charge in [-0.15, -0.1) is 0 Å². The molecule has 1 fully saturated rings. The van der Waals surface area contributed by atoms with Crippen LogP contribution in [0.25, 0.3) is 0 Å². The highest BCUT2D eigenvalue weighted by Gasteiger charge is 2.39. The molecule has 2 unspecified atom stereocenters. The maximum absolute atomic E-state index is 12.9. The van der Waals surface area contributed by atoms with E-state index in [0.29, 0.717) is 17.4 Å². The second-order valence-corrected chi connectivity index (χ2v) is 8.17. The van der Waals surface area contributed by atoms with Crippen LogP contribution in [0.5, 0.6) is 0 Å². The number of sulfonamides is 1. The number of benzene rings is 1. The van der Waals surface area contributed by atoms with Gasteiger partial charge in [0.05, 0.1) is 11.3 Å². The fourth-order valence-corrected chi connectivity index (χ4v) is 5.48. The van der Waals surface area contributed by atoms with E-state index in [1.807, 2.05) is 6.92 Å². The number of likely N-dealkylation sites (N-methyl/N-ethyl adjacent to an activating group) is 1. The van der Waals surface area contributed by atoms with Crippen molar-refractivity contribution in [3.05, 3.63) is 23.8 Å². The Morgan fingerprint density at radius 3 is 2.73 bits per heavy atom. The third-order valence-electron chi connectivity index (χ3n) is 4.98. The van der Waals surface area contributed by atoms with Crippen molar-refractivity contribution in [3.63, 3.8) is 0 Å². The predicted octanol–water partition coefficient (Wildman–Crippen LogP) is 2.01. The molecule has 0 bridgehead atoms. The minimum Gasteiger partial charge on any atom is -0.315 e. The van der Waals surface area contributed by atoms with Crippen LogP contribution in [0.2, 0.25) is 0 Å². The van der Waals surface area contributed by atoms with Crippen LogP contribution < -0.4 is 4.90 Å². The van der Waals surface area contributed by atoms with E-state index in [2.05, 4.69) is 6.92 Å². The molecular formula is C16H22N2O3S. The summed E-state index contributed by atoms with van der Waals surface area (Å²) in [4.78, 5) is 13.6.